The Bertz CT molecular complexity index is 297. The van der Waals surface area contributed by atoms with Crippen molar-refractivity contribution in [1.82, 2.24) is 9.80 Å². The molecule has 148 valence electrons. The van der Waals surface area contributed by atoms with Crippen molar-refractivity contribution >= 4 is 6.03 Å². The van der Waals surface area contributed by atoms with Crippen molar-refractivity contribution in [2.45, 2.75) is 110 Å². The summed E-state index contributed by atoms with van der Waals surface area (Å²) in [4.78, 5) is 17.2. The third-order valence-corrected chi connectivity index (χ3v) is 5.46. The van der Waals surface area contributed by atoms with Gasteiger partial charge in [0, 0.05) is 26.2 Å². The molecule has 1 rings (SSSR count). The molecule has 1 saturated heterocycles. The number of piperidine rings is 1. The Morgan fingerprint density at radius 1 is 0.680 bits per heavy atom. The second-order valence-corrected chi connectivity index (χ2v) is 7.85. The first-order valence-corrected chi connectivity index (χ1v) is 11.3. The van der Waals surface area contributed by atoms with Gasteiger partial charge in [-0.15, -0.1) is 0 Å². The monoisotopic (exact) mass is 352 g/mol. The first-order chi connectivity index (χ1) is 12.3. The van der Waals surface area contributed by atoms with Crippen molar-refractivity contribution in [2.75, 3.05) is 26.2 Å². The Morgan fingerprint density at radius 2 is 1.12 bits per heavy atom. The lowest BCUT2D eigenvalue weighted by Gasteiger charge is -2.33. The number of carbonyl (C=O) groups excluding carboxylic acids is 1. The van der Waals surface area contributed by atoms with Gasteiger partial charge in [0.1, 0.15) is 0 Å². The van der Waals surface area contributed by atoms with Gasteiger partial charge in [-0.2, -0.15) is 0 Å². The van der Waals surface area contributed by atoms with Gasteiger partial charge < -0.3 is 9.80 Å². The lowest BCUT2D eigenvalue weighted by atomic mass is 10.1. The molecule has 0 N–H and O–H groups in total. The van der Waals surface area contributed by atoms with Gasteiger partial charge in [0.2, 0.25) is 0 Å². The van der Waals surface area contributed by atoms with Crippen molar-refractivity contribution in [3.05, 3.63) is 0 Å². The van der Waals surface area contributed by atoms with Crippen LogP contribution in [-0.4, -0.2) is 42.0 Å². The Hall–Kier alpha value is -0.730. The quantitative estimate of drug-likeness (QED) is 0.322. The van der Waals surface area contributed by atoms with E-state index >= 15 is 0 Å². The van der Waals surface area contributed by atoms with Crippen LogP contribution in [0.3, 0.4) is 0 Å². The SMILES string of the molecule is CCCCCCCCN(CCCCCCCC)C(=O)N1CCCCC1. The van der Waals surface area contributed by atoms with E-state index in [0.717, 1.165) is 26.2 Å². The van der Waals surface area contributed by atoms with E-state index in [-0.39, 0.29) is 0 Å². The fourth-order valence-corrected chi connectivity index (χ4v) is 3.75. The van der Waals surface area contributed by atoms with Crippen LogP contribution in [0.4, 0.5) is 4.79 Å². The molecule has 3 nitrogen and oxygen atoms in total. The minimum Gasteiger partial charge on any atom is -0.325 e. The van der Waals surface area contributed by atoms with E-state index in [2.05, 4.69) is 23.6 Å². The number of amides is 2. The highest BCUT2D eigenvalue weighted by Gasteiger charge is 2.21. The third kappa shape index (κ3) is 10.8. The fourth-order valence-electron chi connectivity index (χ4n) is 3.75. The summed E-state index contributed by atoms with van der Waals surface area (Å²) in [5, 5.41) is 0. The molecule has 0 radical (unpaired) electrons. The van der Waals surface area contributed by atoms with Crippen LogP contribution in [0.2, 0.25) is 0 Å². The molecule has 2 amide bonds. The van der Waals surface area contributed by atoms with Crippen LogP contribution in [-0.2, 0) is 0 Å². The average molecular weight is 353 g/mol. The second-order valence-electron chi connectivity index (χ2n) is 7.85. The van der Waals surface area contributed by atoms with Crippen LogP contribution in [0, 0.1) is 0 Å². The fraction of sp³-hybridized carbons (Fsp3) is 0.955. The molecular weight excluding hydrogens is 308 g/mol. The van der Waals surface area contributed by atoms with Crippen molar-refractivity contribution in [2.24, 2.45) is 0 Å². The van der Waals surface area contributed by atoms with Crippen LogP contribution in [0.1, 0.15) is 110 Å². The Labute approximate surface area is 157 Å². The molecule has 0 aromatic heterocycles. The van der Waals surface area contributed by atoms with E-state index < -0.39 is 0 Å². The first kappa shape index (κ1) is 22.3. The molecule has 0 saturated carbocycles. The topological polar surface area (TPSA) is 23.6 Å². The number of nitrogens with zero attached hydrogens (tertiary/aromatic N) is 2. The maximum absolute atomic E-state index is 12.9. The molecule has 0 atom stereocenters. The van der Waals surface area contributed by atoms with Crippen LogP contribution < -0.4 is 0 Å². The van der Waals surface area contributed by atoms with Gasteiger partial charge in [-0.3, -0.25) is 0 Å². The predicted molar refractivity (Wildman–Crippen MR) is 109 cm³/mol. The summed E-state index contributed by atoms with van der Waals surface area (Å²) in [6, 6.07) is 0.321. The molecule has 1 aliphatic rings. The molecule has 1 aliphatic heterocycles. The Kier molecular flexibility index (Phi) is 13.8. The maximum Gasteiger partial charge on any atom is 0.319 e. The van der Waals surface area contributed by atoms with E-state index in [1.807, 2.05) is 0 Å². The van der Waals surface area contributed by atoms with Crippen LogP contribution >= 0.6 is 0 Å². The molecule has 0 aromatic carbocycles. The Morgan fingerprint density at radius 3 is 1.60 bits per heavy atom. The number of likely N-dealkylation sites (tertiary alicyclic amines) is 1. The molecule has 25 heavy (non-hydrogen) atoms. The van der Waals surface area contributed by atoms with E-state index in [1.165, 1.54) is 96.3 Å². The van der Waals surface area contributed by atoms with Gasteiger partial charge in [0.15, 0.2) is 0 Å². The average Bonchev–Trinajstić information content (AvgIpc) is 2.65. The van der Waals surface area contributed by atoms with Crippen LogP contribution in [0.15, 0.2) is 0 Å². The summed E-state index contributed by atoms with van der Waals surface area (Å²) in [5.41, 5.74) is 0. The first-order valence-electron chi connectivity index (χ1n) is 11.3. The second kappa shape index (κ2) is 15.5. The molecule has 0 aliphatic carbocycles. The van der Waals surface area contributed by atoms with Gasteiger partial charge in [0.25, 0.3) is 0 Å². The van der Waals surface area contributed by atoms with Crippen molar-refractivity contribution in [3.8, 4) is 0 Å². The van der Waals surface area contributed by atoms with Gasteiger partial charge in [0.05, 0.1) is 0 Å². The number of urea groups is 1. The number of rotatable bonds is 14. The zero-order valence-corrected chi connectivity index (χ0v) is 17.2. The number of hydrogen-bond acceptors (Lipinski definition) is 1. The highest BCUT2D eigenvalue weighted by molar-refractivity contribution is 5.74. The number of carbonyl (C=O) groups is 1. The summed E-state index contributed by atoms with van der Waals surface area (Å²) in [6.07, 6.45) is 19.3. The smallest absolute Gasteiger partial charge is 0.319 e. The molecule has 3 heteroatoms. The molecular formula is C22H44N2O. The number of hydrogen-bond donors (Lipinski definition) is 0. The summed E-state index contributed by atoms with van der Waals surface area (Å²) in [5.74, 6) is 0. The molecule has 0 spiro atoms. The van der Waals surface area contributed by atoms with Gasteiger partial charge in [-0.05, 0) is 32.1 Å². The maximum atomic E-state index is 12.9. The highest BCUT2D eigenvalue weighted by atomic mass is 16.2. The summed E-state index contributed by atoms with van der Waals surface area (Å²) < 4.78 is 0. The van der Waals surface area contributed by atoms with Gasteiger partial charge in [-0.25, -0.2) is 4.79 Å². The summed E-state index contributed by atoms with van der Waals surface area (Å²) in [6.45, 7) is 8.41. The summed E-state index contributed by atoms with van der Waals surface area (Å²) in [7, 11) is 0. The van der Waals surface area contributed by atoms with Crippen molar-refractivity contribution in [1.29, 1.82) is 0 Å². The normalized spacial score (nSPS) is 14.7. The van der Waals surface area contributed by atoms with E-state index in [1.54, 1.807) is 0 Å². The molecule has 0 bridgehead atoms. The van der Waals surface area contributed by atoms with E-state index in [4.69, 9.17) is 0 Å². The minimum atomic E-state index is 0.321. The number of unbranched alkanes of at least 4 members (excludes halogenated alkanes) is 10. The van der Waals surface area contributed by atoms with E-state index in [0.29, 0.717) is 6.03 Å². The molecule has 1 fully saturated rings. The zero-order chi connectivity index (χ0) is 18.2. The minimum absolute atomic E-state index is 0.321. The lowest BCUT2D eigenvalue weighted by molar-refractivity contribution is 0.141. The third-order valence-electron chi connectivity index (χ3n) is 5.46. The van der Waals surface area contributed by atoms with Crippen LogP contribution in [0.5, 0.6) is 0 Å². The standard InChI is InChI=1S/C22H44N2O/c1-3-5-7-9-11-14-18-23(19-15-12-10-8-6-4-2)22(25)24-20-16-13-17-21-24/h3-21H2,1-2H3. The molecule has 0 aromatic rings. The molecule has 0 unspecified atom stereocenters. The van der Waals surface area contributed by atoms with Crippen molar-refractivity contribution < 1.29 is 4.79 Å². The highest BCUT2D eigenvalue weighted by Crippen LogP contribution is 2.14. The largest absolute Gasteiger partial charge is 0.325 e. The predicted octanol–water partition coefficient (Wildman–Crippen LogP) is 6.62. The molecule has 1 heterocycles. The summed E-state index contributed by atoms with van der Waals surface area (Å²) >= 11 is 0. The van der Waals surface area contributed by atoms with Crippen molar-refractivity contribution in [3.63, 3.8) is 0 Å². The Balaban J connectivity index is 2.30. The van der Waals surface area contributed by atoms with Gasteiger partial charge in [-0.1, -0.05) is 78.1 Å². The lowest BCUT2D eigenvalue weighted by Crippen LogP contribution is -2.46. The van der Waals surface area contributed by atoms with Gasteiger partial charge >= 0.3 is 6.03 Å². The zero-order valence-electron chi connectivity index (χ0n) is 17.2. The van der Waals surface area contributed by atoms with E-state index in [9.17, 15) is 4.79 Å². The van der Waals surface area contributed by atoms with Crippen LogP contribution in [0.25, 0.3) is 0 Å².